The third kappa shape index (κ3) is 7.85. The Balaban J connectivity index is 1.62. The molecule has 0 spiro atoms. The van der Waals surface area contributed by atoms with Crippen molar-refractivity contribution in [2.24, 2.45) is 17.3 Å². The molecule has 0 aromatic carbocycles. The lowest BCUT2D eigenvalue weighted by Gasteiger charge is -2.40. The summed E-state index contributed by atoms with van der Waals surface area (Å²) < 4.78 is 16.9. The second kappa shape index (κ2) is 13.6. The summed E-state index contributed by atoms with van der Waals surface area (Å²) in [5, 5.41) is 9.38. The molecule has 1 unspecified atom stereocenters. The number of carbonyl (C=O) groups excluding carboxylic acids is 2. The number of ether oxygens (including phenoxy) is 3. The van der Waals surface area contributed by atoms with Gasteiger partial charge >= 0.3 is 5.97 Å². The Morgan fingerprint density at radius 2 is 1.82 bits per heavy atom. The zero-order valence-corrected chi connectivity index (χ0v) is 24.8. The van der Waals surface area contributed by atoms with Gasteiger partial charge in [-0.3, -0.25) is 4.79 Å². The van der Waals surface area contributed by atoms with Gasteiger partial charge in [0, 0.05) is 30.6 Å². The predicted octanol–water partition coefficient (Wildman–Crippen LogP) is 5.57. The summed E-state index contributed by atoms with van der Waals surface area (Å²) in [7, 11) is 1.38. The van der Waals surface area contributed by atoms with Crippen LogP contribution in [0.4, 0.5) is 5.69 Å². The molecule has 1 aromatic rings. The Hall–Kier alpha value is -1.92. The number of hydrogen-bond acceptors (Lipinski definition) is 7. The second-order valence-corrected chi connectivity index (χ2v) is 13.2. The maximum absolute atomic E-state index is 14.2. The molecule has 39 heavy (non-hydrogen) atoms. The number of rotatable bonds is 8. The smallest absolute Gasteiger partial charge is 0.350 e. The summed E-state index contributed by atoms with van der Waals surface area (Å²) in [6.07, 6.45) is 9.15. The van der Waals surface area contributed by atoms with E-state index in [0.29, 0.717) is 29.5 Å². The van der Waals surface area contributed by atoms with Gasteiger partial charge in [0.1, 0.15) is 4.88 Å². The third-order valence-corrected chi connectivity index (χ3v) is 9.51. The summed E-state index contributed by atoms with van der Waals surface area (Å²) in [4.78, 5) is 30.3. The first kappa shape index (κ1) is 30.0. The van der Waals surface area contributed by atoms with Crippen molar-refractivity contribution in [3.05, 3.63) is 15.8 Å². The van der Waals surface area contributed by atoms with E-state index in [2.05, 4.69) is 18.8 Å². The van der Waals surface area contributed by atoms with Crippen LogP contribution in [0.3, 0.4) is 0 Å². The second-order valence-electron chi connectivity index (χ2n) is 12.1. The summed E-state index contributed by atoms with van der Waals surface area (Å²) in [6.45, 7) is 7.73. The first-order valence-corrected chi connectivity index (χ1v) is 15.4. The van der Waals surface area contributed by atoms with Crippen LogP contribution in [0.1, 0.15) is 99.5 Å². The van der Waals surface area contributed by atoms with Crippen LogP contribution in [0.2, 0.25) is 0 Å². The van der Waals surface area contributed by atoms with Crippen molar-refractivity contribution in [2.75, 3.05) is 31.8 Å². The van der Waals surface area contributed by atoms with Crippen LogP contribution < -0.4 is 4.90 Å². The number of hydrogen-bond donors (Lipinski definition) is 1. The zero-order chi connectivity index (χ0) is 28.0. The van der Waals surface area contributed by atoms with Crippen LogP contribution in [0.25, 0.3) is 0 Å². The number of thiophene rings is 1. The van der Waals surface area contributed by atoms with Crippen LogP contribution in [0.15, 0.2) is 6.07 Å². The lowest BCUT2D eigenvalue weighted by molar-refractivity contribution is -0.124. The van der Waals surface area contributed by atoms with Gasteiger partial charge in [-0.15, -0.1) is 11.3 Å². The Morgan fingerprint density at radius 3 is 2.44 bits per heavy atom. The number of amides is 1. The topological polar surface area (TPSA) is 85.3 Å². The minimum absolute atomic E-state index is 0.00109. The fourth-order valence-electron chi connectivity index (χ4n) is 5.96. The van der Waals surface area contributed by atoms with Gasteiger partial charge in [0.15, 0.2) is 0 Å². The molecule has 3 fully saturated rings. The largest absolute Gasteiger partial charge is 0.465 e. The van der Waals surface area contributed by atoms with E-state index >= 15 is 0 Å². The molecular formula is C31H45NO6S. The lowest BCUT2D eigenvalue weighted by atomic mass is 9.81. The minimum Gasteiger partial charge on any atom is -0.465 e. The number of anilines is 1. The van der Waals surface area contributed by atoms with E-state index in [4.69, 9.17) is 14.2 Å². The highest BCUT2D eigenvalue weighted by atomic mass is 32.1. The van der Waals surface area contributed by atoms with Crippen LogP contribution >= 0.6 is 11.3 Å². The summed E-state index contributed by atoms with van der Waals surface area (Å²) in [5.41, 5.74) is 0.273. The van der Waals surface area contributed by atoms with E-state index in [1.165, 1.54) is 18.4 Å². The fraction of sp³-hybridized carbons (Fsp3) is 0.742. The predicted molar refractivity (Wildman–Crippen MR) is 153 cm³/mol. The van der Waals surface area contributed by atoms with Crippen molar-refractivity contribution in [3.8, 4) is 11.8 Å². The molecule has 2 aliphatic carbocycles. The molecule has 216 valence electrons. The van der Waals surface area contributed by atoms with Gasteiger partial charge in [0.05, 0.1) is 36.5 Å². The molecule has 0 radical (unpaired) electrons. The molecular weight excluding hydrogens is 514 g/mol. The number of aliphatic hydroxyl groups excluding tert-OH is 1. The molecule has 1 amide bonds. The van der Waals surface area contributed by atoms with Gasteiger partial charge < -0.3 is 24.2 Å². The Morgan fingerprint density at radius 1 is 1.10 bits per heavy atom. The highest BCUT2D eigenvalue weighted by molar-refractivity contribution is 7.15. The zero-order valence-electron chi connectivity index (χ0n) is 24.0. The first-order chi connectivity index (χ1) is 18.7. The molecule has 8 heteroatoms. The third-order valence-electron chi connectivity index (χ3n) is 8.49. The summed E-state index contributed by atoms with van der Waals surface area (Å²) in [6, 6.07) is 1.90. The molecule has 1 saturated heterocycles. The van der Waals surface area contributed by atoms with Crippen LogP contribution in [-0.4, -0.2) is 62.2 Å². The Labute approximate surface area is 237 Å². The van der Waals surface area contributed by atoms with E-state index in [1.807, 2.05) is 24.8 Å². The van der Waals surface area contributed by atoms with Crippen LogP contribution in [-0.2, 0) is 19.0 Å². The lowest BCUT2D eigenvalue weighted by Crippen LogP contribution is -2.47. The van der Waals surface area contributed by atoms with Gasteiger partial charge in [-0.2, -0.15) is 0 Å². The molecule has 1 aliphatic heterocycles. The number of nitrogens with zero attached hydrogens (tertiary/aromatic N) is 1. The van der Waals surface area contributed by atoms with Crippen molar-refractivity contribution in [2.45, 2.75) is 103 Å². The molecule has 2 heterocycles. The first-order valence-electron chi connectivity index (χ1n) is 14.6. The highest BCUT2D eigenvalue weighted by Crippen LogP contribution is 2.39. The van der Waals surface area contributed by atoms with Crippen molar-refractivity contribution in [1.29, 1.82) is 0 Å². The number of methoxy groups -OCH3 is 1. The molecule has 4 rings (SSSR count). The van der Waals surface area contributed by atoms with Gasteiger partial charge in [0.25, 0.3) is 0 Å². The molecule has 3 aliphatic rings. The fourth-order valence-corrected chi connectivity index (χ4v) is 6.89. The highest BCUT2D eigenvalue weighted by Gasteiger charge is 2.38. The van der Waals surface area contributed by atoms with E-state index in [-0.39, 0.29) is 42.1 Å². The van der Waals surface area contributed by atoms with E-state index in [1.54, 1.807) is 0 Å². The normalized spacial score (nSPS) is 27.5. The van der Waals surface area contributed by atoms with Crippen molar-refractivity contribution < 1.29 is 28.9 Å². The van der Waals surface area contributed by atoms with Crippen molar-refractivity contribution in [1.82, 2.24) is 0 Å². The maximum atomic E-state index is 14.2. The van der Waals surface area contributed by atoms with Crippen LogP contribution in [0, 0.1) is 29.1 Å². The van der Waals surface area contributed by atoms with E-state index < -0.39 is 5.97 Å². The number of esters is 1. The molecule has 0 bridgehead atoms. The van der Waals surface area contributed by atoms with Gasteiger partial charge in [-0.1, -0.05) is 18.8 Å². The quantitative estimate of drug-likeness (QED) is 0.331. The van der Waals surface area contributed by atoms with Crippen molar-refractivity contribution in [3.63, 3.8) is 0 Å². The standard InChI is InChI=1S/C31H45NO6S/c1-21-5-7-22(8-6-21)29(34)32(23-9-11-24(12-10-23)38-25-14-18-37-20-25)27-19-26(39-28(27)30(35)36-4)13-15-31(2,3)16-17-33/h19,21-25,33H,5-12,14,16-18,20H2,1-4H3/t21-,22-,23-,24-,25?. The molecule has 1 N–H and O–H groups in total. The SMILES string of the molecule is COC(=O)c1sc(C#CC(C)(C)CCO)cc1N(C(=O)[C@H]1CC[C@H](C)CC1)[C@H]1CC[C@H](OC2CCOC2)CC1. The van der Waals surface area contributed by atoms with Gasteiger partial charge in [-0.05, 0) is 90.0 Å². The minimum atomic E-state index is -0.439. The maximum Gasteiger partial charge on any atom is 0.350 e. The molecule has 1 aromatic heterocycles. The molecule has 7 nitrogen and oxygen atoms in total. The van der Waals surface area contributed by atoms with Gasteiger partial charge in [0.2, 0.25) is 5.91 Å². The van der Waals surface area contributed by atoms with Gasteiger partial charge in [-0.25, -0.2) is 4.79 Å². The average molecular weight is 560 g/mol. The molecule has 1 atom stereocenters. The average Bonchev–Trinajstić information content (AvgIpc) is 3.59. The monoisotopic (exact) mass is 559 g/mol. The summed E-state index contributed by atoms with van der Waals surface area (Å²) in [5.74, 6) is 6.76. The number of carbonyl (C=O) groups is 2. The molecule has 2 saturated carbocycles. The van der Waals surface area contributed by atoms with Crippen LogP contribution in [0.5, 0.6) is 0 Å². The van der Waals surface area contributed by atoms with Crippen molar-refractivity contribution >= 4 is 28.9 Å². The van der Waals surface area contributed by atoms with E-state index in [0.717, 1.165) is 69.3 Å². The summed E-state index contributed by atoms with van der Waals surface area (Å²) >= 11 is 1.29. The van der Waals surface area contributed by atoms with E-state index in [9.17, 15) is 14.7 Å². The number of aliphatic hydroxyl groups is 1. The Bertz CT molecular complexity index is 1030. The Kier molecular flexibility index (Phi) is 10.5.